The van der Waals surface area contributed by atoms with Crippen LogP contribution in [0.5, 0.6) is 0 Å². The third-order valence-corrected chi connectivity index (χ3v) is 2.42. The van der Waals surface area contributed by atoms with Crippen LogP contribution in [-0.4, -0.2) is 18.3 Å². The van der Waals surface area contributed by atoms with Gasteiger partial charge in [0.1, 0.15) is 6.17 Å². The second kappa shape index (κ2) is 3.05. The normalized spacial score (nSPS) is 44.7. The van der Waals surface area contributed by atoms with Crippen LogP contribution in [0.25, 0.3) is 0 Å². The minimum atomic E-state index is -0.510. The molecule has 3 heteroatoms. The first-order valence-corrected chi connectivity index (χ1v) is 3.75. The average Bonchev–Trinajstić information content (AvgIpc) is 2.11. The Kier molecular flexibility index (Phi) is 2.53. The van der Waals surface area contributed by atoms with Gasteiger partial charge in [0.05, 0.1) is 0 Å². The van der Waals surface area contributed by atoms with Gasteiger partial charge in [-0.05, 0) is 25.7 Å². The lowest BCUT2D eigenvalue weighted by atomic mass is 10.0. The molecule has 2 unspecified atom stereocenters. The monoisotopic (exact) mass is 165 g/mol. The molecule has 1 N–H and O–H groups in total. The van der Waals surface area contributed by atoms with E-state index in [4.69, 9.17) is 0 Å². The fourth-order valence-electron chi connectivity index (χ4n) is 1.99. The van der Waals surface area contributed by atoms with Crippen LogP contribution >= 0.6 is 12.4 Å². The van der Waals surface area contributed by atoms with Crippen molar-refractivity contribution in [3.8, 4) is 0 Å². The van der Waals surface area contributed by atoms with Crippen molar-refractivity contribution < 1.29 is 4.39 Å². The summed E-state index contributed by atoms with van der Waals surface area (Å²) in [6.45, 7) is 0. The number of fused-ring (bicyclic) bond motifs is 2. The highest BCUT2D eigenvalue weighted by Gasteiger charge is 2.32. The van der Waals surface area contributed by atoms with Crippen LogP contribution in [0.4, 0.5) is 4.39 Å². The number of halogens is 2. The maximum Gasteiger partial charge on any atom is 0.103 e. The maximum absolute atomic E-state index is 12.7. The summed E-state index contributed by atoms with van der Waals surface area (Å²) in [6, 6.07) is 1.03. The van der Waals surface area contributed by atoms with Gasteiger partial charge in [0.25, 0.3) is 0 Å². The molecule has 60 valence electrons. The molecular formula is C7H13ClFN. The fourth-order valence-corrected chi connectivity index (χ4v) is 1.99. The van der Waals surface area contributed by atoms with E-state index in [1.165, 1.54) is 12.8 Å². The smallest absolute Gasteiger partial charge is 0.103 e. The van der Waals surface area contributed by atoms with Crippen LogP contribution in [-0.2, 0) is 0 Å². The van der Waals surface area contributed by atoms with Crippen LogP contribution in [0.1, 0.15) is 25.7 Å². The molecule has 2 saturated heterocycles. The Bertz CT molecular complexity index is 108. The van der Waals surface area contributed by atoms with Gasteiger partial charge < -0.3 is 5.32 Å². The van der Waals surface area contributed by atoms with Gasteiger partial charge in [0.15, 0.2) is 0 Å². The van der Waals surface area contributed by atoms with Crippen molar-refractivity contribution in [3.05, 3.63) is 0 Å². The SMILES string of the molecule is Cl.FC1CC2CCC(C1)N2. The van der Waals surface area contributed by atoms with E-state index < -0.39 is 6.17 Å². The average molecular weight is 166 g/mol. The molecule has 0 aromatic carbocycles. The van der Waals surface area contributed by atoms with Crippen molar-refractivity contribution >= 4 is 12.4 Å². The zero-order valence-corrected chi connectivity index (χ0v) is 6.66. The highest BCUT2D eigenvalue weighted by molar-refractivity contribution is 5.85. The summed E-state index contributed by atoms with van der Waals surface area (Å²) in [4.78, 5) is 0. The Balaban J connectivity index is 0.000000500. The van der Waals surface area contributed by atoms with E-state index in [1.807, 2.05) is 0 Å². The molecule has 0 aromatic heterocycles. The Labute approximate surface area is 66.8 Å². The van der Waals surface area contributed by atoms with Crippen LogP contribution in [0.2, 0.25) is 0 Å². The van der Waals surface area contributed by atoms with Gasteiger partial charge in [0.2, 0.25) is 0 Å². The third-order valence-electron chi connectivity index (χ3n) is 2.42. The van der Waals surface area contributed by atoms with E-state index in [0.717, 1.165) is 12.8 Å². The summed E-state index contributed by atoms with van der Waals surface area (Å²) in [6.07, 6.45) is 3.41. The Morgan fingerprint density at radius 3 is 2.10 bits per heavy atom. The zero-order chi connectivity index (χ0) is 6.27. The number of hydrogen-bond donors (Lipinski definition) is 1. The fraction of sp³-hybridized carbons (Fsp3) is 1.00. The van der Waals surface area contributed by atoms with Gasteiger partial charge >= 0.3 is 0 Å². The quantitative estimate of drug-likeness (QED) is 0.576. The zero-order valence-electron chi connectivity index (χ0n) is 5.85. The van der Waals surface area contributed by atoms with E-state index in [-0.39, 0.29) is 12.4 Å². The van der Waals surface area contributed by atoms with Crippen LogP contribution in [0.3, 0.4) is 0 Å². The first-order chi connectivity index (χ1) is 4.34. The highest BCUT2D eigenvalue weighted by atomic mass is 35.5. The van der Waals surface area contributed by atoms with Gasteiger partial charge in [-0.3, -0.25) is 0 Å². The highest BCUT2D eigenvalue weighted by Crippen LogP contribution is 2.28. The Morgan fingerprint density at radius 2 is 1.60 bits per heavy atom. The summed E-state index contributed by atoms with van der Waals surface area (Å²) >= 11 is 0. The molecule has 2 heterocycles. The molecule has 2 aliphatic rings. The molecule has 0 spiro atoms. The summed E-state index contributed by atoms with van der Waals surface area (Å²) in [5, 5.41) is 3.38. The molecule has 2 atom stereocenters. The lowest BCUT2D eigenvalue weighted by Crippen LogP contribution is -2.38. The van der Waals surface area contributed by atoms with E-state index in [9.17, 15) is 4.39 Å². The third kappa shape index (κ3) is 1.43. The Morgan fingerprint density at radius 1 is 1.10 bits per heavy atom. The number of hydrogen-bond acceptors (Lipinski definition) is 1. The van der Waals surface area contributed by atoms with Gasteiger partial charge in [-0.25, -0.2) is 4.39 Å². The predicted octanol–water partition coefficient (Wildman–Crippen LogP) is 1.66. The lowest BCUT2D eigenvalue weighted by molar-refractivity contribution is 0.220. The molecule has 2 fully saturated rings. The molecule has 2 bridgehead atoms. The summed E-state index contributed by atoms with van der Waals surface area (Å²) < 4.78 is 12.7. The van der Waals surface area contributed by atoms with Gasteiger partial charge in [-0.15, -0.1) is 12.4 Å². The minimum Gasteiger partial charge on any atom is -0.311 e. The van der Waals surface area contributed by atoms with E-state index >= 15 is 0 Å². The lowest BCUT2D eigenvalue weighted by Gasteiger charge is -2.23. The maximum atomic E-state index is 12.7. The first kappa shape index (κ1) is 8.28. The molecular weight excluding hydrogens is 153 g/mol. The van der Waals surface area contributed by atoms with Crippen molar-refractivity contribution in [1.29, 1.82) is 0 Å². The van der Waals surface area contributed by atoms with Crippen molar-refractivity contribution in [2.45, 2.75) is 43.9 Å². The molecule has 0 aromatic rings. The van der Waals surface area contributed by atoms with E-state index in [2.05, 4.69) is 5.32 Å². The van der Waals surface area contributed by atoms with Crippen LogP contribution in [0.15, 0.2) is 0 Å². The second-order valence-corrected chi connectivity index (χ2v) is 3.21. The molecule has 2 aliphatic heterocycles. The largest absolute Gasteiger partial charge is 0.311 e. The predicted molar refractivity (Wildman–Crippen MR) is 41.3 cm³/mol. The minimum absolute atomic E-state index is 0. The van der Waals surface area contributed by atoms with Crippen molar-refractivity contribution in [3.63, 3.8) is 0 Å². The van der Waals surface area contributed by atoms with E-state index in [0.29, 0.717) is 12.1 Å². The molecule has 0 aliphatic carbocycles. The van der Waals surface area contributed by atoms with Crippen molar-refractivity contribution in [2.75, 3.05) is 0 Å². The number of rotatable bonds is 0. The molecule has 1 nitrogen and oxygen atoms in total. The van der Waals surface area contributed by atoms with E-state index in [1.54, 1.807) is 0 Å². The first-order valence-electron chi connectivity index (χ1n) is 3.75. The van der Waals surface area contributed by atoms with Gasteiger partial charge in [-0.1, -0.05) is 0 Å². The van der Waals surface area contributed by atoms with Gasteiger partial charge in [0, 0.05) is 12.1 Å². The number of nitrogens with one attached hydrogen (secondary N) is 1. The second-order valence-electron chi connectivity index (χ2n) is 3.21. The number of piperidine rings is 1. The Hall–Kier alpha value is 0.180. The van der Waals surface area contributed by atoms with Crippen molar-refractivity contribution in [2.24, 2.45) is 0 Å². The summed E-state index contributed by atoms with van der Waals surface area (Å²) in [7, 11) is 0. The summed E-state index contributed by atoms with van der Waals surface area (Å²) in [5.74, 6) is 0. The number of alkyl halides is 1. The topological polar surface area (TPSA) is 12.0 Å². The van der Waals surface area contributed by atoms with Crippen LogP contribution in [0, 0.1) is 0 Å². The summed E-state index contributed by atoms with van der Waals surface area (Å²) in [5.41, 5.74) is 0. The van der Waals surface area contributed by atoms with Gasteiger partial charge in [-0.2, -0.15) is 0 Å². The molecule has 0 radical (unpaired) electrons. The standard InChI is InChI=1S/C7H12FN.ClH/c8-5-3-6-1-2-7(4-5)9-6;/h5-7,9H,1-4H2;1H. The molecule has 10 heavy (non-hydrogen) atoms. The van der Waals surface area contributed by atoms with Crippen molar-refractivity contribution in [1.82, 2.24) is 5.32 Å². The van der Waals surface area contributed by atoms with Crippen LogP contribution < -0.4 is 5.32 Å². The molecule has 0 saturated carbocycles. The molecule has 0 amide bonds. The molecule has 2 rings (SSSR count).